The zero-order valence-electron chi connectivity index (χ0n) is 8.10. The highest BCUT2D eigenvalue weighted by Gasteiger charge is 2.25. The summed E-state index contributed by atoms with van der Waals surface area (Å²) in [5.74, 6) is 0.0292. The highest BCUT2D eigenvalue weighted by molar-refractivity contribution is 5.99. The Kier molecular flexibility index (Phi) is 2.54. The molecule has 1 aromatic rings. The van der Waals surface area contributed by atoms with E-state index in [4.69, 9.17) is 5.11 Å². The van der Waals surface area contributed by atoms with Crippen LogP contribution < -0.4 is 16.0 Å². The minimum absolute atomic E-state index is 0.141. The summed E-state index contributed by atoms with van der Waals surface area (Å²) in [6.45, 7) is 0.141. The number of fused-ring (bicyclic) bond motifs is 1. The molecule has 0 aliphatic carbocycles. The maximum atomic E-state index is 11.6. The van der Waals surface area contributed by atoms with Crippen LogP contribution in [0.2, 0.25) is 0 Å². The fourth-order valence-corrected chi connectivity index (χ4v) is 1.34. The Hall–Kier alpha value is -2.38. The van der Waals surface area contributed by atoms with Crippen LogP contribution in [0.15, 0.2) is 12.5 Å². The average molecular weight is 223 g/mol. The molecule has 1 unspecified atom stereocenters. The van der Waals surface area contributed by atoms with Crippen LogP contribution in [0, 0.1) is 0 Å². The summed E-state index contributed by atoms with van der Waals surface area (Å²) < 4.78 is 0. The average Bonchev–Trinajstić information content (AvgIpc) is 2.39. The predicted molar refractivity (Wildman–Crippen MR) is 54.1 cm³/mol. The van der Waals surface area contributed by atoms with Crippen molar-refractivity contribution in [1.82, 2.24) is 15.3 Å². The molecule has 0 fully saturated rings. The van der Waals surface area contributed by atoms with E-state index in [9.17, 15) is 9.59 Å². The number of nitrogens with zero attached hydrogens (tertiary/aromatic N) is 2. The largest absolute Gasteiger partial charge is 0.465 e. The molecule has 2 rings (SSSR count). The molecule has 0 radical (unpaired) electrons. The molecule has 2 amide bonds. The molecule has 0 aromatic carbocycles. The summed E-state index contributed by atoms with van der Waals surface area (Å²) in [7, 11) is 0. The summed E-state index contributed by atoms with van der Waals surface area (Å²) in [6, 6.07) is -0.855. The van der Waals surface area contributed by atoms with Crippen molar-refractivity contribution < 1.29 is 14.7 Å². The second kappa shape index (κ2) is 4.01. The number of rotatable bonds is 1. The van der Waals surface area contributed by atoms with E-state index >= 15 is 0 Å². The fraction of sp³-hybridized carbons (Fsp3) is 0.250. The molecule has 2 heterocycles. The first-order chi connectivity index (χ1) is 7.66. The number of amides is 2. The van der Waals surface area contributed by atoms with Crippen molar-refractivity contribution in [3.05, 3.63) is 12.5 Å². The van der Waals surface area contributed by atoms with E-state index in [1.807, 2.05) is 0 Å². The lowest BCUT2D eigenvalue weighted by Crippen LogP contribution is -2.46. The molecule has 4 N–H and O–H groups in total. The maximum absolute atomic E-state index is 11.6. The number of nitrogens with one attached hydrogen (secondary N) is 3. The molecule has 84 valence electrons. The van der Waals surface area contributed by atoms with Gasteiger partial charge in [0.2, 0.25) is 5.91 Å². The van der Waals surface area contributed by atoms with E-state index in [-0.39, 0.29) is 6.54 Å². The minimum atomic E-state index is -1.25. The molecule has 0 spiro atoms. The van der Waals surface area contributed by atoms with E-state index < -0.39 is 18.0 Å². The summed E-state index contributed by atoms with van der Waals surface area (Å²) in [4.78, 5) is 29.7. The first kappa shape index (κ1) is 10.1. The fourth-order valence-electron chi connectivity index (χ4n) is 1.34. The van der Waals surface area contributed by atoms with Crippen molar-refractivity contribution in [2.24, 2.45) is 0 Å². The molecule has 1 atom stereocenters. The minimum Gasteiger partial charge on any atom is -0.465 e. The monoisotopic (exact) mass is 223 g/mol. The second-order valence-electron chi connectivity index (χ2n) is 3.16. The van der Waals surface area contributed by atoms with E-state index in [0.717, 1.165) is 0 Å². The van der Waals surface area contributed by atoms with E-state index in [2.05, 4.69) is 25.9 Å². The van der Waals surface area contributed by atoms with Gasteiger partial charge in [0.1, 0.15) is 18.1 Å². The number of carbonyl (C=O) groups is 2. The molecule has 1 aromatic heterocycles. The molecule has 16 heavy (non-hydrogen) atoms. The van der Waals surface area contributed by atoms with Gasteiger partial charge < -0.3 is 21.1 Å². The van der Waals surface area contributed by atoms with Crippen LogP contribution in [0.3, 0.4) is 0 Å². The van der Waals surface area contributed by atoms with Gasteiger partial charge in [-0.1, -0.05) is 0 Å². The zero-order valence-corrected chi connectivity index (χ0v) is 8.10. The first-order valence-corrected chi connectivity index (χ1v) is 4.51. The molecule has 8 heteroatoms. The van der Waals surface area contributed by atoms with Gasteiger partial charge in [-0.2, -0.15) is 0 Å². The number of hydrogen-bond acceptors (Lipinski definition) is 5. The standard InChI is InChI=1S/C8H9N5O3/c14-7-5(13-8(15)16)2-10-6-4(12-7)1-9-3-11-6/h1,3,5,13H,2H2,(H,12,14)(H,15,16)(H,9,10,11). The lowest BCUT2D eigenvalue weighted by Gasteiger charge is -2.12. The van der Waals surface area contributed by atoms with Crippen LogP contribution in [0.5, 0.6) is 0 Å². The smallest absolute Gasteiger partial charge is 0.405 e. The molecule has 0 saturated carbocycles. The first-order valence-electron chi connectivity index (χ1n) is 4.51. The molecule has 1 aliphatic rings. The predicted octanol–water partition coefficient (Wildman–Crippen LogP) is -0.523. The SMILES string of the molecule is O=C(O)NC1CNc2ncncc2NC1=O. The molecular formula is C8H9N5O3. The molecule has 0 saturated heterocycles. The third-order valence-corrected chi connectivity index (χ3v) is 2.06. The van der Waals surface area contributed by atoms with Gasteiger partial charge in [-0.3, -0.25) is 4.79 Å². The second-order valence-corrected chi connectivity index (χ2v) is 3.16. The van der Waals surface area contributed by atoms with Gasteiger partial charge in [0, 0.05) is 6.54 Å². The normalized spacial score (nSPS) is 18.8. The van der Waals surface area contributed by atoms with Crippen molar-refractivity contribution in [2.45, 2.75) is 6.04 Å². The summed E-state index contributed by atoms with van der Waals surface area (Å²) in [5.41, 5.74) is 0.433. The Balaban J connectivity index is 2.18. The Morgan fingerprint density at radius 1 is 1.62 bits per heavy atom. The van der Waals surface area contributed by atoms with Crippen LogP contribution in [0.25, 0.3) is 0 Å². The van der Waals surface area contributed by atoms with Crippen molar-refractivity contribution in [3.63, 3.8) is 0 Å². The van der Waals surface area contributed by atoms with E-state index in [0.29, 0.717) is 11.5 Å². The molecule has 0 bridgehead atoms. The van der Waals surface area contributed by atoms with Crippen LogP contribution in [0.1, 0.15) is 0 Å². The molecule has 8 nitrogen and oxygen atoms in total. The highest BCUT2D eigenvalue weighted by Crippen LogP contribution is 2.18. The van der Waals surface area contributed by atoms with Gasteiger partial charge in [-0.25, -0.2) is 14.8 Å². The van der Waals surface area contributed by atoms with Gasteiger partial charge in [-0.05, 0) is 0 Å². The quantitative estimate of drug-likeness (QED) is 0.509. The van der Waals surface area contributed by atoms with Crippen molar-refractivity contribution in [1.29, 1.82) is 0 Å². The van der Waals surface area contributed by atoms with Crippen molar-refractivity contribution >= 4 is 23.5 Å². The van der Waals surface area contributed by atoms with Crippen LogP contribution in [-0.2, 0) is 4.79 Å². The maximum Gasteiger partial charge on any atom is 0.405 e. The van der Waals surface area contributed by atoms with Crippen LogP contribution in [-0.4, -0.2) is 39.7 Å². The summed E-state index contributed by atoms with van der Waals surface area (Å²) in [5, 5.41) is 16.0. The zero-order chi connectivity index (χ0) is 11.5. The molecular weight excluding hydrogens is 214 g/mol. The number of aromatic nitrogens is 2. The summed E-state index contributed by atoms with van der Waals surface area (Å²) in [6.07, 6.45) is 1.53. The lowest BCUT2D eigenvalue weighted by molar-refractivity contribution is -0.117. The Labute approximate surface area is 90.1 Å². The summed E-state index contributed by atoms with van der Waals surface area (Å²) >= 11 is 0. The topological polar surface area (TPSA) is 116 Å². The van der Waals surface area contributed by atoms with Gasteiger partial charge in [0.15, 0.2) is 5.82 Å². The van der Waals surface area contributed by atoms with Crippen molar-refractivity contribution in [2.75, 3.05) is 17.2 Å². The van der Waals surface area contributed by atoms with E-state index in [1.165, 1.54) is 12.5 Å². The van der Waals surface area contributed by atoms with Crippen LogP contribution >= 0.6 is 0 Å². The van der Waals surface area contributed by atoms with E-state index in [1.54, 1.807) is 0 Å². The lowest BCUT2D eigenvalue weighted by atomic mass is 10.3. The van der Waals surface area contributed by atoms with Crippen LogP contribution in [0.4, 0.5) is 16.3 Å². The third kappa shape index (κ3) is 2.00. The third-order valence-electron chi connectivity index (χ3n) is 2.06. The Morgan fingerprint density at radius 2 is 2.44 bits per heavy atom. The van der Waals surface area contributed by atoms with Gasteiger partial charge in [0.05, 0.1) is 6.20 Å². The number of carboxylic acid groups (broad SMARTS) is 1. The number of hydrogen-bond donors (Lipinski definition) is 4. The Morgan fingerprint density at radius 3 is 3.19 bits per heavy atom. The van der Waals surface area contributed by atoms with Gasteiger partial charge in [-0.15, -0.1) is 0 Å². The van der Waals surface area contributed by atoms with Crippen molar-refractivity contribution in [3.8, 4) is 0 Å². The highest BCUT2D eigenvalue weighted by atomic mass is 16.4. The number of carbonyl (C=O) groups excluding carboxylic acids is 1. The van der Waals surface area contributed by atoms with Gasteiger partial charge >= 0.3 is 6.09 Å². The molecule has 1 aliphatic heterocycles. The van der Waals surface area contributed by atoms with Gasteiger partial charge in [0.25, 0.3) is 0 Å². The number of anilines is 2. The Bertz CT molecular complexity index is 435.